The number of benzene rings is 1. The third kappa shape index (κ3) is 6.27. The molecule has 1 amide bonds. The Morgan fingerprint density at radius 2 is 1.86 bits per heavy atom. The van der Waals surface area contributed by atoms with E-state index in [1.807, 2.05) is 37.1 Å². The number of aryl methyl sites for hydroxylation is 1. The molecule has 152 valence electrons. The molecule has 0 unspecified atom stereocenters. The molecule has 0 aliphatic rings. The van der Waals surface area contributed by atoms with Gasteiger partial charge in [0.15, 0.2) is 0 Å². The number of amides is 1. The normalized spacial score (nSPS) is 11.4. The van der Waals surface area contributed by atoms with E-state index >= 15 is 0 Å². The van der Waals surface area contributed by atoms with Gasteiger partial charge in [0.25, 0.3) is 5.91 Å². The van der Waals surface area contributed by atoms with E-state index in [2.05, 4.69) is 27.5 Å². The van der Waals surface area contributed by atoms with Crippen molar-refractivity contribution in [2.24, 2.45) is 0 Å². The summed E-state index contributed by atoms with van der Waals surface area (Å²) in [4.78, 5) is 33.9. The fourth-order valence-corrected chi connectivity index (χ4v) is 2.67. The molecule has 2 rings (SSSR count). The summed E-state index contributed by atoms with van der Waals surface area (Å²) in [6.07, 6.45) is 5.65. The Morgan fingerprint density at radius 1 is 1.17 bits per heavy atom. The molecule has 29 heavy (non-hydrogen) atoms. The number of aromatic nitrogens is 2. The van der Waals surface area contributed by atoms with Gasteiger partial charge in [-0.1, -0.05) is 12.1 Å². The zero-order chi connectivity index (χ0) is 21.2. The average molecular weight is 393 g/mol. The number of hydrogen-bond donors (Lipinski definition) is 2. The fourth-order valence-electron chi connectivity index (χ4n) is 2.67. The van der Waals surface area contributed by atoms with Gasteiger partial charge in [-0.05, 0) is 49.3 Å². The van der Waals surface area contributed by atoms with Crippen molar-refractivity contribution >= 4 is 23.6 Å². The van der Waals surface area contributed by atoms with E-state index in [0.29, 0.717) is 17.9 Å². The lowest BCUT2D eigenvalue weighted by molar-refractivity contribution is -0.104. The lowest BCUT2D eigenvalue weighted by Crippen LogP contribution is -2.24. The van der Waals surface area contributed by atoms with E-state index in [1.54, 1.807) is 31.5 Å². The summed E-state index contributed by atoms with van der Waals surface area (Å²) in [6, 6.07) is 9.08. The molecule has 0 fully saturated rings. The summed E-state index contributed by atoms with van der Waals surface area (Å²) in [6.45, 7) is 5.04. The van der Waals surface area contributed by atoms with Crippen LogP contribution in [0, 0.1) is 6.92 Å². The molecule has 0 aliphatic carbocycles. The van der Waals surface area contributed by atoms with Gasteiger partial charge in [-0.15, -0.1) is 0 Å². The van der Waals surface area contributed by atoms with Crippen molar-refractivity contribution in [2.45, 2.75) is 20.4 Å². The zero-order valence-electron chi connectivity index (χ0n) is 17.3. The van der Waals surface area contributed by atoms with Crippen LogP contribution in [0.25, 0.3) is 5.57 Å². The summed E-state index contributed by atoms with van der Waals surface area (Å²) in [5.74, 6) is 1.32. The van der Waals surface area contributed by atoms with Crippen molar-refractivity contribution in [1.82, 2.24) is 20.6 Å². The maximum absolute atomic E-state index is 12.5. The van der Waals surface area contributed by atoms with Crippen LogP contribution in [0.3, 0.4) is 0 Å². The Hall–Kier alpha value is -3.48. The first-order valence-electron chi connectivity index (χ1n) is 9.42. The molecule has 0 saturated carbocycles. The molecular formula is C22H27N5O2. The molecule has 0 bridgehead atoms. The largest absolute Gasteiger partial charge is 0.393 e. The molecule has 1 heterocycles. The second-order valence-corrected chi connectivity index (χ2v) is 6.42. The fraction of sp³-hybridized carbons (Fsp3) is 0.273. The van der Waals surface area contributed by atoms with Gasteiger partial charge in [0.1, 0.15) is 17.9 Å². The molecule has 0 saturated heterocycles. The summed E-state index contributed by atoms with van der Waals surface area (Å²) in [5, 5.41) is 5.85. The van der Waals surface area contributed by atoms with Crippen molar-refractivity contribution in [3.8, 4) is 0 Å². The van der Waals surface area contributed by atoms with Gasteiger partial charge >= 0.3 is 0 Å². The topological polar surface area (TPSA) is 87.2 Å². The molecular weight excluding hydrogens is 366 g/mol. The minimum Gasteiger partial charge on any atom is -0.393 e. The van der Waals surface area contributed by atoms with Gasteiger partial charge in [-0.3, -0.25) is 9.59 Å². The van der Waals surface area contributed by atoms with Crippen LogP contribution in [-0.4, -0.2) is 42.8 Å². The van der Waals surface area contributed by atoms with Gasteiger partial charge in [-0.25, -0.2) is 9.97 Å². The Bertz CT molecular complexity index is 904. The standard InChI is InChI=1S/C22H27N5O2/c1-5-27(4)21-13-20(25-16(2)26-21)15-24-22(29)18-10-8-17(9-11-18)19(14-23-3)7-6-12-28/h6-14,23H,5,15H2,1-4H3,(H,24,29)/b7-6-,19-14?. The Labute approximate surface area is 171 Å². The molecule has 2 N–H and O–H groups in total. The molecule has 7 heteroatoms. The number of nitrogens with one attached hydrogen (secondary N) is 2. The highest BCUT2D eigenvalue weighted by Crippen LogP contribution is 2.16. The van der Waals surface area contributed by atoms with Crippen LogP contribution in [0.4, 0.5) is 5.82 Å². The summed E-state index contributed by atoms with van der Waals surface area (Å²) in [5.41, 5.74) is 3.05. The summed E-state index contributed by atoms with van der Waals surface area (Å²) < 4.78 is 0. The second-order valence-electron chi connectivity index (χ2n) is 6.42. The number of hydrogen-bond acceptors (Lipinski definition) is 6. The number of allylic oxidation sites excluding steroid dienone is 3. The van der Waals surface area contributed by atoms with E-state index in [4.69, 9.17) is 0 Å². The number of carbonyl (C=O) groups excluding carboxylic acids is 2. The lowest BCUT2D eigenvalue weighted by Gasteiger charge is -2.17. The highest BCUT2D eigenvalue weighted by atomic mass is 16.1. The summed E-state index contributed by atoms with van der Waals surface area (Å²) >= 11 is 0. The van der Waals surface area contributed by atoms with Crippen LogP contribution in [-0.2, 0) is 11.3 Å². The number of rotatable bonds is 9. The average Bonchev–Trinajstić information content (AvgIpc) is 2.74. The molecule has 7 nitrogen and oxygen atoms in total. The number of carbonyl (C=O) groups is 2. The maximum Gasteiger partial charge on any atom is 0.251 e. The van der Waals surface area contributed by atoms with Gasteiger partial charge < -0.3 is 15.5 Å². The molecule has 1 aromatic carbocycles. The van der Waals surface area contributed by atoms with Crippen molar-refractivity contribution in [1.29, 1.82) is 0 Å². The van der Waals surface area contributed by atoms with Crippen molar-refractivity contribution in [2.75, 3.05) is 25.5 Å². The smallest absolute Gasteiger partial charge is 0.251 e. The van der Waals surface area contributed by atoms with Crippen LogP contribution in [0.1, 0.15) is 34.4 Å². The van der Waals surface area contributed by atoms with Crippen LogP contribution < -0.4 is 15.5 Å². The Kier molecular flexibility index (Phi) is 8.09. The van der Waals surface area contributed by atoms with Crippen LogP contribution in [0.5, 0.6) is 0 Å². The van der Waals surface area contributed by atoms with Crippen molar-refractivity contribution in [3.05, 3.63) is 71.3 Å². The zero-order valence-corrected chi connectivity index (χ0v) is 17.3. The first-order valence-corrected chi connectivity index (χ1v) is 9.42. The third-order valence-electron chi connectivity index (χ3n) is 4.31. The van der Waals surface area contributed by atoms with E-state index in [9.17, 15) is 9.59 Å². The van der Waals surface area contributed by atoms with Crippen molar-refractivity contribution in [3.63, 3.8) is 0 Å². The van der Waals surface area contributed by atoms with Gasteiger partial charge in [-0.2, -0.15) is 0 Å². The highest BCUT2D eigenvalue weighted by Gasteiger charge is 2.09. The summed E-state index contributed by atoms with van der Waals surface area (Å²) in [7, 11) is 3.75. The predicted molar refractivity (Wildman–Crippen MR) is 116 cm³/mol. The number of nitrogens with zero attached hydrogens (tertiary/aromatic N) is 3. The minimum absolute atomic E-state index is 0.180. The van der Waals surface area contributed by atoms with Gasteiger partial charge in [0, 0.05) is 38.5 Å². The van der Waals surface area contributed by atoms with Gasteiger partial charge in [0.05, 0.1) is 12.2 Å². The Morgan fingerprint density at radius 3 is 2.48 bits per heavy atom. The first-order chi connectivity index (χ1) is 14.0. The van der Waals surface area contributed by atoms with Gasteiger partial charge in [0.2, 0.25) is 0 Å². The van der Waals surface area contributed by atoms with E-state index in [-0.39, 0.29) is 5.91 Å². The molecule has 0 atom stereocenters. The maximum atomic E-state index is 12.5. The van der Waals surface area contributed by atoms with Crippen LogP contribution >= 0.6 is 0 Å². The SMILES string of the molecule is CCN(C)c1cc(CNC(=O)c2ccc(C(=CNC)/C=C\C=O)cc2)nc(C)n1. The number of aldehydes is 1. The Balaban J connectivity index is 2.08. The van der Waals surface area contributed by atoms with E-state index in [1.165, 1.54) is 6.08 Å². The minimum atomic E-state index is -0.180. The molecule has 1 aromatic heterocycles. The van der Waals surface area contributed by atoms with E-state index in [0.717, 1.165) is 35.5 Å². The van der Waals surface area contributed by atoms with E-state index < -0.39 is 0 Å². The number of anilines is 1. The molecule has 0 radical (unpaired) electrons. The monoisotopic (exact) mass is 393 g/mol. The highest BCUT2D eigenvalue weighted by molar-refractivity contribution is 5.94. The molecule has 0 spiro atoms. The second kappa shape index (κ2) is 10.8. The predicted octanol–water partition coefficient (Wildman–Crippen LogP) is 2.49. The first kappa shape index (κ1) is 21.8. The van der Waals surface area contributed by atoms with Crippen LogP contribution in [0.15, 0.2) is 48.7 Å². The quantitative estimate of drug-likeness (QED) is 0.387. The molecule has 0 aliphatic heterocycles. The molecule has 2 aromatic rings. The van der Waals surface area contributed by atoms with Crippen molar-refractivity contribution < 1.29 is 9.59 Å². The van der Waals surface area contributed by atoms with Crippen LogP contribution in [0.2, 0.25) is 0 Å². The lowest BCUT2D eigenvalue weighted by atomic mass is 10.0. The third-order valence-corrected chi connectivity index (χ3v) is 4.31.